The molecule has 3 nitrogen and oxygen atoms in total. The van der Waals surface area contributed by atoms with Crippen LogP contribution in [0.4, 0.5) is 0 Å². The molecular weight excluding hydrogens is 280 g/mol. The topological polar surface area (TPSA) is 27.1 Å². The summed E-state index contributed by atoms with van der Waals surface area (Å²) in [7, 11) is 1.94. The molecule has 0 saturated heterocycles. The molecule has 0 radical (unpaired) electrons. The lowest BCUT2D eigenvalue weighted by atomic mass is 10.1. The van der Waals surface area contributed by atoms with Crippen molar-refractivity contribution in [3.05, 3.63) is 34.9 Å². The zero-order chi connectivity index (χ0) is 11.8. The largest absolute Gasteiger partial charge is 0.490 e. The smallest absolute Gasteiger partial charge is 0.119 e. The minimum atomic E-state index is 0.448. The van der Waals surface area contributed by atoms with E-state index in [0.717, 1.165) is 21.5 Å². The van der Waals surface area contributed by atoms with Crippen LogP contribution >= 0.6 is 15.9 Å². The molecule has 88 valence electrons. The fourth-order valence-electron chi connectivity index (χ4n) is 1.81. The molecule has 1 saturated carbocycles. The molecule has 1 aliphatic rings. The zero-order valence-corrected chi connectivity index (χ0v) is 11.1. The molecule has 4 heteroatoms. The summed E-state index contributed by atoms with van der Waals surface area (Å²) in [5, 5.41) is 4.21. The van der Waals surface area contributed by atoms with Gasteiger partial charge in [-0.1, -0.05) is 0 Å². The predicted octanol–water partition coefficient (Wildman–Crippen LogP) is 3.39. The maximum absolute atomic E-state index is 5.72. The normalized spacial score (nSPS) is 14.9. The van der Waals surface area contributed by atoms with Gasteiger partial charge < -0.3 is 4.74 Å². The Morgan fingerprint density at radius 2 is 2.00 bits per heavy atom. The highest BCUT2D eigenvalue weighted by Gasteiger charge is 2.23. The Labute approximate surface area is 109 Å². The minimum Gasteiger partial charge on any atom is -0.490 e. The van der Waals surface area contributed by atoms with Gasteiger partial charge in [-0.3, -0.25) is 4.68 Å². The van der Waals surface area contributed by atoms with Gasteiger partial charge >= 0.3 is 0 Å². The van der Waals surface area contributed by atoms with E-state index in [1.54, 1.807) is 0 Å². The Kier molecular flexibility index (Phi) is 2.67. The van der Waals surface area contributed by atoms with Crippen LogP contribution in [-0.2, 0) is 7.05 Å². The van der Waals surface area contributed by atoms with Crippen LogP contribution in [0.5, 0.6) is 5.75 Å². The van der Waals surface area contributed by atoms with E-state index in [4.69, 9.17) is 4.74 Å². The molecule has 1 fully saturated rings. The number of benzene rings is 1. The lowest BCUT2D eigenvalue weighted by molar-refractivity contribution is 0.303. The Morgan fingerprint density at radius 3 is 2.53 bits per heavy atom. The summed E-state index contributed by atoms with van der Waals surface area (Å²) in [5.41, 5.74) is 2.22. The first-order valence-corrected chi connectivity index (χ1v) is 6.48. The second kappa shape index (κ2) is 4.18. The highest BCUT2D eigenvalue weighted by Crippen LogP contribution is 2.31. The molecule has 0 spiro atoms. The summed E-state index contributed by atoms with van der Waals surface area (Å²) < 4.78 is 8.60. The highest BCUT2D eigenvalue weighted by molar-refractivity contribution is 9.10. The number of rotatable bonds is 3. The highest BCUT2D eigenvalue weighted by atomic mass is 79.9. The van der Waals surface area contributed by atoms with E-state index in [-0.39, 0.29) is 0 Å². The van der Waals surface area contributed by atoms with E-state index >= 15 is 0 Å². The summed E-state index contributed by atoms with van der Waals surface area (Å²) in [6.07, 6.45) is 4.64. The first kappa shape index (κ1) is 10.8. The number of aromatic nitrogens is 2. The van der Waals surface area contributed by atoms with E-state index in [9.17, 15) is 0 Å². The van der Waals surface area contributed by atoms with Crippen LogP contribution in [0, 0.1) is 0 Å². The molecule has 0 unspecified atom stereocenters. The van der Waals surface area contributed by atoms with Crippen molar-refractivity contribution in [3.63, 3.8) is 0 Å². The van der Waals surface area contributed by atoms with Gasteiger partial charge in [0.05, 0.1) is 22.5 Å². The first-order chi connectivity index (χ1) is 8.24. The van der Waals surface area contributed by atoms with Crippen molar-refractivity contribution in [1.82, 2.24) is 9.78 Å². The molecule has 2 aromatic rings. The summed E-state index contributed by atoms with van der Waals surface area (Å²) in [6, 6.07) is 8.18. The number of nitrogens with zero attached hydrogens (tertiary/aromatic N) is 2. The molecule has 1 aromatic carbocycles. The molecule has 0 aliphatic heterocycles. The molecule has 0 amide bonds. The fraction of sp³-hybridized carbons (Fsp3) is 0.308. The third kappa shape index (κ3) is 2.22. The Balaban J connectivity index is 1.88. The van der Waals surface area contributed by atoms with Gasteiger partial charge in [0.15, 0.2) is 0 Å². The van der Waals surface area contributed by atoms with Gasteiger partial charge in [-0.25, -0.2) is 0 Å². The number of aryl methyl sites for hydroxylation is 1. The van der Waals surface area contributed by atoms with E-state index in [0.29, 0.717) is 6.10 Å². The van der Waals surface area contributed by atoms with Crippen LogP contribution in [0.1, 0.15) is 12.8 Å². The Hall–Kier alpha value is -1.29. The van der Waals surface area contributed by atoms with Crippen molar-refractivity contribution in [2.45, 2.75) is 18.9 Å². The summed E-state index contributed by atoms with van der Waals surface area (Å²) in [6.45, 7) is 0. The molecule has 3 rings (SSSR count). The summed E-state index contributed by atoms with van der Waals surface area (Å²) in [5.74, 6) is 0.953. The van der Waals surface area contributed by atoms with Gasteiger partial charge in [0.25, 0.3) is 0 Å². The van der Waals surface area contributed by atoms with Crippen molar-refractivity contribution in [2.75, 3.05) is 0 Å². The van der Waals surface area contributed by atoms with Gasteiger partial charge in [-0.2, -0.15) is 5.10 Å². The molecule has 0 N–H and O–H groups in total. The molecular formula is C13H13BrN2O. The predicted molar refractivity (Wildman–Crippen MR) is 70.0 cm³/mol. The number of hydrogen-bond acceptors (Lipinski definition) is 2. The minimum absolute atomic E-state index is 0.448. The van der Waals surface area contributed by atoms with Crippen molar-refractivity contribution in [3.8, 4) is 17.0 Å². The molecule has 0 bridgehead atoms. The summed E-state index contributed by atoms with van der Waals surface area (Å²) in [4.78, 5) is 0. The van der Waals surface area contributed by atoms with Crippen LogP contribution in [0.3, 0.4) is 0 Å². The van der Waals surface area contributed by atoms with Gasteiger partial charge in [0, 0.05) is 12.6 Å². The molecule has 0 atom stereocenters. The maximum atomic E-state index is 5.72. The Morgan fingerprint density at radius 1 is 1.29 bits per heavy atom. The average Bonchev–Trinajstić information content (AvgIpc) is 3.07. The summed E-state index contributed by atoms with van der Waals surface area (Å²) >= 11 is 3.51. The third-order valence-corrected chi connectivity index (χ3v) is 3.43. The SMILES string of the molecule is Cn1ncc(Br)c1-c1ccc(OC2CC2)cc1. The van der Waals surface area contributed by atoms with Crippen molar-refractivity contribution in [1.29, 1.82) is 0 Å². The van der Waals surface area contributed by atoms with Gasteiger partial charge in [-0.05, 0) is 53.0 Å². The van der Waals surface area contributed by atoms with E-state index in [1.165, 1.54) is 12.8 Å². The van der Waals surface area contributed by atoms with Crippen LogP contribution in [0.25, 0.3) is 11.3 Å². The number of hydrogen-bond donors (Lipinski definition) is 0. The van der Waals surface area contributed by atoms with Crippen LogP contribution in [0.15, 0.2) is 34.9 Å². The molecule has 1 heterocycles. The lowest BCUT2D eigenvalue weighted by Crippen LogP contribution is -1.96. The third-order valence-electron chi connectivity index (χ3n) is 2.85. The number of halogens is 1. The van der Waals surface area contributed by atoms with E-state index in [2.05, 4.69) is 33.2 Å². The average molecular weight is 293 g/mol. The monoisotopic (exact) mass is 292 g/mol. The maximum Gasteiger partial charge on any atom is 0.119 e. The van der Waals surface area contributed by atoms with Crippen molar-refractivity contribution >= 4 is 15.9 Å². The zero-order valence-electron chi connectivity index (χ0n) is 9.56. The second-order valence-corrected chi connectivity index (χ2v) is 5.16. The van der Waals surface area contributed by atoms with Crippen LogP contribution < -0.4 is 4.74 Å². The van der Waals surface area contributed by atoms with Crippen LogP contribution in [-0.4, -0.2) is 15.9 Å². The van der Waals surface area contributed by atoms with Crippen LogP contribution in [0.2, 0.25) is 0 Å². The first-order valence-electron chi connectivity index (χ1n) is 5.68. The van der Waals surface area contributed by atoms with Crippen molar-refractivity contribution in [2.24, 2.45) is 7.05 Å². The number of ether oxygens (including phenoxy) is 1. The van der Waals surface area contributed by atoms with E-state index in [1.807, 2.05) is 30.1 Å². The van der Waals surface area contributed by atoms with Gasteiger partial charge in [0.1, 0.15) is 5.75 Å². The standard InChI is InChI=1S/C13H13BrN2O/c1-16-13(12(14)8-15-16)9-2-4-10(5-3-9)17-11-6-7-11/h2-5,8,11H,6-7H2,1H3. The van der Waals surface area contributed by atoms with Crippen molar-refractivity contribution < 1.29 is 4.74 Å². The van der Waals surface area contributed by atoms with Gasteiger partial charge in [0.2, 0.25) is 0 Å². The second-order valence-electron chi connectivity index (χ2n) is 4.31. The van der Waals surface area contributed by atoms with Gasteiger partial charge in [-0.15, -0.1) is 0 Å². The lowest BCUT2D eigenvalue weighted by Gasteiger charge is -2.06. The molecule has 17 heavy (non-hydrogen) atoms. The molecule has 1 aliphatic carbocycles. The van der Waals surface area contributed by atoms with E-state index < -0.39 is 0 Å². The molecule has 1 aromatic heterocycles. The quantitative estimate of drug-likeness (QED) is 0.867. The Bertz CT molecular complexity index is 509. The fourth-order valence-corrected chi connectivity index (χ4v) is 2.38.